The number of primary amides is 1. The number of carbonyl (C=O) groups is 2. The average molecular weight is 381 g/mol. The van der Waals surface area contributed by atoms with Crippen molar-refractivity contribution in [2.45, 2.75) is 12.6 Å². The monoisotopic (exact) mass is 381 g/mol. The Kier molecular flexibility index (Phi) is 5.16. The molecule has 146 valence electrons. The number of carbonyl (C=O) groups excluding carboxylic acids is 2. The van der Waals surface area contributed by atoms with Crippen molar-refractivity contribution < 1.29 is 19.1 Å². The molecule has 0 aliphatic carbocycles. The molecule has 2 aliphatic heterocycles. The second kappa shape index (κ2) is 7.90. The van der Waals surface area contributed by atoms with Crippen molar-refractivity contribution in [2.24, 2.45) is 5.73 Å². The molecular weight excluding hydrogens is 358 g/mol. The van der Waals surface area contributed by atoms with E-state index in [0.717, 1.165) is 25.2 Å². The molecule has 0 radical (unpaired) electrons. The number of piperazine rings is 1. The third kappa shape index (κ3) is 3.94. The van der Waals surface area contributed by atoms with Crippen LogP contribution < -0.4 is 15.2 Å². The highest BCUT2D eigenvalue weighted by molar-refractivity contribution is 5.92. The van der Waals surface area contributed by atoms with Gasteiger partial charge in [0.15, 0.2) is 11.5 Å². The Bertz CT molecular complexity index is 860. The molecule has 2 aromatic rings. The van der Waals surface area contributed by atoms with Crippen molar-refractivity contribution in [3.05, 3.63) is 59.7 Å². The Hall–Kier alpha value is -3.06. The molecule has 4 rings (SSSR count). The van der Waals surface area contributed by atoms with Gasteiger partial charge in [-0.25, -0.2) is 0 Å². The summed E-state index contributed by atoms with van der Waals surface area (Å²) < 4.78 is 11.5. The fourth-order valence-electron chi connectivity index (χ4n) is 3.50. The molecule has 2 N–H and O–H groups in total. The number of nitrogens with two attached hydrogens (primary N) is 1. The van der Waals surface area contributed by atoms with Crippen LogP contribution in [-0.4, -0.2) is 60.5 Å². The maximum atomic E-state index is 12.8. The minimum absolute atomic E-state index is 0.0278. The summed E-state index contributed by atoms with van der Waals surface area (Å²) in [6.07, 6.45) is -0.595. The third-order valence-electron chi connectivity index (χ3n) is 5.11. The van der Waals surface area contributed by atoms with E-state index in [1.165, 1.54) is 0 Å². The van der Waals surface area contributed by atoms with Crippen LogP contribution in [0.5, 0.6) is 11.5 Å². The first-order valence-corrected chi connectivity index (χ1v) is 9.38. The summed E-state index contributed by atoms with van der Waals surface area (Å²) in [6, 6.07) is 14.7. The Balaban J connectivity index is 1.29. The molecule has 2 aromatic carbocycles. The number of hydrogen-bond donors (Lipinski definition) is 1. The predicted molar refractivity (Wildman–Crippen MR) is 103 cm³/mol. The van der Waals surface area contributed by atoms with Crippen molar-refractivity contribution in [1.82, 2.24) is 9.80 Å². The highest BCUT2D eigenvalue weighted by Gasteiger charge is 2.32. The van der Waals surface area contributed by atoms with E-state index in [2.05, 4.69) is 4.90 Å². The van der Waals surface area contributed by atoms with E-state index in [1.807, 2.05) is 41.3 Å². The molecule has 0 bridgehead atoms. The molecule has 2 aliphatic rings. The van der Waals surface area contributed by atoms with E-state index in [1.54, 1.807) is 12.1 Å². The second-order valence-corrected chi connectivity index (χ2v) is 7.03. The smallest absolute Gasteiger partial charge is 0.267 e. The number of amides is 2. The average Bonchev–Trinajstić information content (AvgIpc) is 2.74. The van der Waals surface area contributed by atoms with Gasteiger partial charge < -0.3 is 20.1 Å². The normalized spacial score (nSPS) is 19.3. The topological polar surface area (TPSA) is 85.1 Å². The number of para-hydroxylation sites is 2. The van der Waals surface area contributed by atoms with Crippen LogP contribution >= 0.6 is 0 Å². The number of fused-ring (bicyclic) bond motifs is 1. The van der Waals surface area contributed by atoms with Crippen LogP contribution in [0.3, 0.4) is 0 Å². The zero-order valence-electron chi connectivity index (χ0n) is 15.5. The SMILES string of the molecule is NC(=O)c1ccc(CN2CCN(C(=O)C3COc4ccccc4O3)CC2)cc1. The molecule has 1 fully saturated rings. The number of ether oxygens (including phenoxy) is 2. The Morgan fingerprint density at radius 1 is 0.964 bits per heavy atom. The van der Waals surface area contributed by atoms with Gasteiger partial charge in [0.05, 0.1) is 0 Å². The van der Waals surface area contributed by atoms with Crippen LogP contribution in [0, 0.1) is 0 Å². The molecule has 0 aromatic heterocycles. The Labute approximate surface area is 163 Å². The van der Waals surface area contributed by atoms with Crippen LogP contribution in [0.15, 0.2) is 48.5 Å². The molecule has 2 amide bonds. The maximum Gasteiger partial charge on any atom is 0.267 e. The number of rotatable bonds is 4. The summed E-state index contributed by atoms with van der Waals surface area (Å²) in [6.45, 7) is 3.89. The molecule has 1 unspecified atom stereocenters. The van der Waals surface area contributed by atoms with Crippen LogP contribution in [0.1, 0.15) is 15.9 Å². The summed E-state index contributed by atoms with van der Waals surface area (Å²) in [4.78, 5) is 28.1. The maximum absolute atomic E-state index is 12.8. The summed E-state index contributed by atoms with van der Waals surface area (Å²) in [5.41, 5.74) is 6.90. The molecular formula is C21H23N3O4. The van der Waals surface area contributed by atoms with E-state index in [-0.39, 0.29) is 12.5 Å². The highest BCUT2D eigenvalue weighted by atomic mass is 16.6. The van der Waals surface area contributed by atoms with Crippen molar-refractivity contribution in [1.29, 1.82) is 0 Å². The minimum atomic E-state index is -0.595. The number of hydrogen-bond acceptors (Lipinski definition) is 5. The summed E-state index contributed by atoms with van der Waals surface area (Å²) in [7, 11) is 0. The van der Waals surface area contributed by atoms with Gasteiger partial charge in [-0.05, 0) is 29.8 Å². The van der Waals surface area contributed by atoms with Gasteiger partial charge in [-0.1, -0.05) is 24.3 Å². The zero-order chi connectivity index (χ0) is 19.5. The standard InChI is InChI=1S/C21H23N3O4/c22-20(25)16-7-5-15(6-8-16)13-23-9-11-24(12-10-23)21(26)19-14-27-17-3-1-2-4-18(17)28-19/h1-8,19H,9-14H2,(H2,22,25). The number of nitrogens with zero attached hydrogens (tertiary/aromatic N) is 2. The van der Waals surface area contributed by atoms with Crippen molar-refractivity contribution in [3.63, 3.8) is 0 Å². The van der Waals surface area contributed by atoms with Gasteiger partial charge in [0.1, 0.15) is 6.61 Å². The third-order valence-corrected chi connectivity index (χ3v) is 5.11. The van der Waals surface area contributed by atoms with Gasteiger partial charge in [0.2, 0.25) is 12.0 Å². The van der Waals surface area contributed by atoms with Gasteiger partial charge in [0, 0.05) is 38.3 Å². The first kappa shape index (κ1) is 18.3. The van der Waals surface area contributed by atoms with Crippen molar-refractivity contribution in [2.75, 3.05) is 32.8 Å². The number of benzene rings is 2. The Morgan fingerprint density at radius 3 is 2.32 bits per heavy atom. The van der Waals surface area contributed by atoms with E-state index in [0.29, 0.717) is 30.2 Å². The van der Waals surface area contributed by atoms with Gasteiger partial charge in [0.25, 0.3) is 5.91 Å². The zero-order valence-corrected chi connectivity index (χ0v) is 15.5. The molecule has 0 spiro atoms. The minimum Gasteiger partial charge on any atom is -0.485 e. The van der Waals surface area contributed by atoms with E-state index in [9.17, 15) is 9.59 Å². The molecule has 1 atom stereocenters. The van der Waals surface area contributed by atoms with Crippen LogP contribution in [0.4, 0.5) is 0 Å². The highest BCUT2D eigenvalue weighted by Crippen LogP contribution is 2.31. The van der Waals surface area contributed by atoms with E-state index < -0.39 is 12.0 Å². The van der Waals surface area contributed by atoms with E-state index in [4.69, 9.17) is 15.2 Å². The summed E-state index contributed by atoms with van der Waals surface area (Å²) in [5.74, 6) is 0.846. The molecule has 1 saturated heterocycles. The molecule has 7 heteroatoms. The van der Waals surface area contributed by atoms with Gasteiger partial charge in [-0.15, -0.1) is 0 Å². The first-order chi connectivity index (χ1) is 13.6. The second-order valence-electron chi connectivity index (χ2n) is 7.03. The lowest BCUT2D eigenvalue weighted by molar-refractivity contribution is -0.143. The lowest BCUT2D eigenvalue weighted by atomic mass is 10.1. The lowest BCUT2D eigenvalue weighted by Crippen LogP contribution is -2.53. The van der Waals surface area contributed by atoms with Crippen LogP contribution in [0.25, 0.3) is 0 Å². The fourth-order valence-corrected chi connectivity index (χ4v) is 3.50. The molecule has 28 heavy (non-hydrogen) atoms. The quantitative estimate of drug-likeness (QED) is 0.862. The fraction of sp³-hybridized carbons (Fsp3) is 0.333. The van der Waals surface area contributed by atoms with Gasteiger partial charge >= 0.3 is 0 Å². The van der Waals surface area contributed by atoms with Crippen molar-refractivity contribution in [3.8, 4) is 11.5 Å². The van der Waals surface area contributed by atoms with Gasteiger partial charge in [-0.2, -0.15) is 0 Å². The predicted octanol–water partition coefficient (Wildman–Crippen LogP) is 1.27. The lowest BCUT2D eigenvalue weighted by Gasteiger charge is -2.37. The van der Waals surface area contributed by atoms with Crippen LogP contribution in [0.2, 0.25) is 0 Å². The Morgan fingerprint density at radius 2 is 1.64 bits per heavy atom. The largest absolute Gasteiger partial charge is 0.485 e. The molecule has 7 nitrogen and oxygen atoms in total. The van der Waals surface area contributed by atoms with Crippen LogP contribution in [-0.2, 0) is 11.3 Å². The summed E-state index contributed by atoms with van der Waals surface area (Å²) in [5, 5.41) is 0. The van der Waals surface area contributed by atoms with E-state index >= 15 is 0 Å². The first-order valence-electron chi connectivity index (χ1n) is 9.38. The molecule has 2 heterocycles. The molecule has 0 saturated carbocycles. The summed E-state index contributed by atoms with van der Waals surface area (Å²) >= 11 is 0. The van der Waals surface area contributed by atoms with Gasteiger partial charge in [-0.3, -0.25) is 14.5 Å². The van der Waals surface area contributed by atoms with Crippen molar-refractivity contribution >= 4 is 11.8 Å².